The molecule has 2 aromatic carbocycles. The van der Waals surface area contributed by atoms with Crippen molar-refractivity contribution in [1.29, 1.82) is 0 Å². The van der Waals surface area contributed by atoms with Crippen molar-refractivity contribution in [3.05, 3.63) is 63.0 Å². The molecule has 0 fully saturated rings. The Morgan fingerprint density at radius 3 is 2.37 bits per heavy atom. The highest BCUT2D eigenvalue weighted by Crippen LogP contribution is 2.32. The van der Waals surface area contributed by atoms with Gasteiger partial charge < -0.3 is 10.2 Å². The molecule has 27 heavy (non-hydrogen) atoms. The number of aryl methyl sites for hydroxylation is 1. The van der Waals surface area contributed by atoms with Gasteiger partial charge in [-0.15, -0.1) is 11.3 Å². The van der Waals surface area contributed by atoms with E-state index in [2.05, 4.69) is 5.32 Å². The summed E-state index contributed by atoms with van der Waals surface area (Å²) in [6.45, 7) is 4.11. The van der Waals surface area contributed by atoms with E-state index in [9.17, 15) is 9.59 Å². The second-order valence-corrected chi connectivity index (χ2v) is 7.88. The Kier molecular flexibility index (Phi) is 6.05. The summed E-state index contributed by atoms with van der Waals surface area (Å²) in [6.07, 6.45) is 0. The fraction of sp³-hybridized carbons (Fsp3) is 0.200. The van der Waals surface area contributed by atoms with Crippen LogP contribution in [-0.4, -0.2) is 29.8 Å². The Labute approximate surface area is 171 Å². The first-order chi connectivity index (χ1) is 12.9. The number of nitrogens with zero attached hydrogens (tertiary/aromatic N) is 1. The van der Waals surface area contributed by atoms with Crippen LogP contribution in [0.1, 0.15) is 22.2 Å². The summed E-state index contributed by atoms with van der Waals surface area (Å²) in [6, 6.07) is 12.9. The molecule has 140 valence electrons. The summed E-state index contributed by atoms with van der Waals surface area (Å²) in [5, 5.41) is 4.47. The van der Waals surface area contributed by atoms with Crippen LogP contribution in [0.25, 0.3) is 10.1 Å². The molecule has 0 spiro atoms. The van der Waals surface area contributed by atoms with E-state index in [0.717, 1.165) is 15.6 Å². The first kappa shape index (κ1) is 19.7. The molecule has 0 aliphatic heterocycles. The van der Waals surface area contributed by atoms with E-state index < -0.39 is 0 Å². The van der Waals surface area contributed by atoms with Crippen LogP contribution >= 0.6 is 34.5 Å². The Hall–Kier alpha value is -2.08. The lowest BCUT2D eigenvalue weighted by atomic mass is 10.1. The molecule has 1 N–H and O–H groups in total. The van der Waals surface area contributed by atoms with Crippen molar-refractivity contribution >= 4 is 62.1 Å². The summed E-state index contributed by atoms with van der Waals surface area (Å²) in [4.78, 5) is 27.6. The average Bonchev–Trinajstić information content (AvgIpc) is 2.99. The number of anilines is 1. The Morgan fingerprint density at radius 1 is 1.07 bits per heavy atom. The molecule has 0 unspecified atom stereocenters. The van der Waals surface area contributed by atoms with Gasteiger partial charge in [0.1, 0.15) is 6.54 Å². The molecule has 0 aliphatic rings. The number of likely N-dealkylation sites (N-methyl/N-ethyl adjacent to an activating group) is 1. The van der Waals surface area contributed by atoms with Crippen LogP contribution in [-0.2, 0) is 4.79 Å². The third kappa shape index (κ3) is 4.10. The van der Waals surface area contributed by atoms with Crippen molar-refractivity contribution in [3.63, 3.8) is 0 Å². The zero-order chi connectivity index (χ0) is 19.6. The summed E-state index contributed by atoms with van der Waals surface area (Å²) in [5.74, 6) is -0.504. The number of para-hydroxylation sites is 1. The largest absolute Gasteiger partial charge is 0.329 e. The maximum Gasteiger partial charge on any atom is 0.264 e. The molecule has 3 aromatic rings. The van der Waals surface area contributed by atoms with E-state index in [0.29, 0.717) is 27.2 Å². The fourth-order valence-electron chi connectivity index (χ4n) is 2.82. The van der Waals surface area contributed by atoms with Crippen LogP contribution < -0.4 is 5.32 Å². The molecule has 0 bridgehead atoms. The molecule has 0 radical (unpaired) electrons. The van der Waals surface area contributed by atoms with Gasteiger partial charge in [-0.3, -0.25) is 9.59 Å². The number of halogens is 2. The van der Waals surface area contributed by atoms with Crippen molar-refractivity contribution in [3.8, 4) is 0 Å². The molecule has 1 aromatic heterocycles. The Balaban J connectivity index is 1.79. The van der Waals surface area contributed by atoms with Crippen LogP contribution in [0.5, 0.6) is 0 Å². The summed E-state index contributed by atoms with van der Waals surface area (Å²) < 4.78 is 1.06. The van der Waals surface area contributed by atoms with Crippen molar-refractivity contribution in [2.24, 2.45) is 0 Å². The summed E-state index contributed by atoms with van der Waals surface area (Å²) in [7, 11) is 0. The van der Waals surface area contributed by atoms with Gasteiger partial charge in [-0.1, -0.05) is 47.5 Å². The number of thiophene rings is 1. The van der Waals surface area contributed by atoms with Crippen LogP contribution in [0.4, 0.5) is 5.69 Å². The lowest BCUT2D eigenvalue weighted by Crippen LogP contribution is -2.37. The minimum atomic E-state index is -0.348. The quantitative estimate of drug-likeness (QED) is 0.582. The molecule has 1 heterocycles. The van der Waals surface area contributed by atoms with E-state index in [-0.39, 0.29) is 18.4 Å². The zero-order valence-electron chi connectivity index (χ0n) is 14.9. The second-order valence-electron chi connectivity index (χ2n) is 6.02. The third-order valence-electron chi connectivity index (χ3n) is 4.27. The molecule has 2 amide bonds. The van der Waals surface area contributed by atoms with Crippen LogP contribution in [0.15, 0.2) is 42.5 Å². The van der Waals surface area contributed by atoms with Gasteiger partial charge in [-0.25, -0.2) is 0 Å². The van der Waals surface area contributed by atoms with Gasteiger partial charge in [0, 0.05) is 11.2 Å². The summed E-state index contributed by atoms with van der Waals surface area (Å²) in [5.41, 5.74) is 1.29. The highest BCUT2D eigenvalue weighted by atomic mass is 35.5. The third-order valence-corrected chi connectivity index (χ3v) is 6.16. The van der Waals surface area contributed by atoms with Gasteiger partial charge in [0.05, 0.1) is 20.6 Å². The molecule has 0 saturated heterocycles. The standard InChI is InChI=1S/C20H18Cl2N2O2S/c1-3-24(11-17(25)23-18-14(21)8-6-9-15(18)22)20(26)19-12(2)13-7-4-5-10-16(13)27-19/h4-10H,3,11H2,1-2H3,(H,23,25). The number of fused-ring (bicyclic) bond motifs is 1. The molecule has 0 atom stereocenters. The second kappa shape index (κ2) is 8.30. The van der Waals surface area contributed by atoms with E-state index in [1.54, 1.807) is 18.2 Å². The highest BCUT2D eigenvalue weighted by Gasteiger charge is 2.22. The van der Waals surface area contributed by atoms with Gasteiger partial charge in [-0.2, -0.15) is 0 Å². The van der Waals surface area contributed by atoms with Gasteiger partial charge in [-0.05, 0) is 43.0 Å². The van der Waals surface area contributed by atoms with Crippen molar-refractivity contribution in [2.45, 2.75) is 13.8 Å². The number of nitrogens with one attached hydrogen (secondary N) is 1. The maximum absolute atomic E-state index is 13.0. The first-order valence-electron chi connectivity index (χ1n) is 8.43. The topological polar surface area (TPSA) is 49.4 Å². The fourth-order valence-corrected chi connectivity index (χ4v) is 4.49. The minimum Gasteiger partial charge on any atom is -0.329 e. The Bertz CT molecular complexity index is 996. The van der Waals surface area contributed by atoms with Crippen LogP contribution in [0.2, 0.25) is 10.0 Å². The van der Waals surface area contributed by atoms with Gasteiger partial charge in [0.15, 0.2) is 0 Å². The number of amides is 2. The van der Waals surface area contributed by atoms with Crippen LogP contribution in [0.3, 0.4) is 0 Å². The molecule has 7 heteroatoms. The van der Waals surface area contributed by atoms with Crippen molar-refractivity contribution in [2.75, 3.05) is 18.4 Å². The molecule has 3 rings (SSSR count). The van der Waals surface area contributed by atoms with E-state index in [1.165, 1.54) is 16.2 Å². The lowest BCUT2D eigenvalue weighted by Gasteiger charge is -2.20. The minimum absolute atomic E-state index is 0.0788. The molecule has 0 saturated carbocycles. The molecule has 4 nitrogen and oxygen atoms in total. The maximum atomic E-state index is 13.0. The monoisotopic (exact) mass is 420 g/mol. The first-order valence-corrected chi connectivity index (χ1v) is 10.0. The predicted octanol–water partition coefficient (Wildman–Crippen LogP) is 5.62. The zero-order valence-corrected chi connectivity index (χ0v) is 17.2. The molecular formula is C20H18Cl2N2O2S. The number of carbonyl (C=O) groups excluding carboxylic acids is 2. The Morgan fingerprint density at radius 2 is 1.74 bits per heavy atom. The van der Waals surface area contributed by atoms with Crippen molar-refractivity contribution < 1.29 is 9.59 Å². The number of hydrogen-bond donors (Lipinski definition) is 1. The SMILES string of the molecule is CCN(CC(=O)Nc1c(Cl)cccc1Cl)C(=O)c1sc2ccccc2c1C. The molecular weight excluding hydrogens is 403 g/mol. The lowest BCUT2D eigenvalue weighted by molar-refractivity contribution is -0.116. The van der Waals surface area contributed by atoms with E-state index in [1.807, 2.05) is 38.1 Å². The van der Waals surface area contributed by atoms with Gasteiger partial charge >= 0.3 is 0 Å². The normalized spacial score (nSPS) is 10.8. The van der Waals surface area contributed by atoms with Gasteiger partial charge in [0.2, 0.25) is 5.91 Å². The van der Waals surface area contributed by atoms with Crippen LogP contribution in [0, 0.1) is 6.92 Å². The highest BCUT2D eigenvalue weighted by molar-refractivity contribution is 7.21. The average molecular weight is 421 g/mol. The number of rotatable bonds is 5. The molecule has 0 aliphatic carbocycles. The smallest absolute Gasteiger partial charge is 0.264 e. The number of hydrogen-bond acceptors (Lipinski definition) is 3. The number of carbonyl (C=O) groups is 2. The summed E-state index contributed by atoms with van der Waals surface area (Å²) >= 11 is 13.6. The van der Waals surface area contributed by atoms with E-state index in [4.69, 9.17) is 23.2 Å². The van der Waals surface area contributed by atoms with Crippen molar-refractivity contribution in [1.82, 2.24) is 4.90 Å². The van der Waals surface area contributed by atoms with E-state index >= 15 is 0 Å². The number of benzene rings is 2. The predicted molar refractivity (Wildman–Crippen MR) is 113 cm³/mol. The van der Waals surface area contributed by atoms with Gasteiger partial charge in [0.25, 0.3) is 5.91 Å².